The fourth-order valence-electron chi connectivity index (χ4n) is 1.65. The highest BCUT2D eigenvalue weighted by Gasteiger charge is 2.31. The second-order valence-electron chi connectivity index (χ2n) is 3.50. The van der Waals surface area contributed by atoms with Crippen LogP contribution in [-0.4, -0.2) is 60.1 Å². The summed E-state index contributed by atoms with van der Waals surface area (Å²) in [7, 11) is 1.88. The van der Waals surface area contributed by atoms with Crippen LogP contribution >= 0.6 is 0 Å². The van der Waals surface area contributed by atoms with Gasteiger partial charge < -0.3 is 10.0 Å². The molecule has 0 radical (unpaired) electrons. The van der Waals surface area contributed by atoms with Crippen LogP contribution in [-0.2, 0) is 4.79 Å². The third kappa shape index (κ3) is 2.19. The van der Waals surface area contributed by atoms with Crippen molar-refractivity contribution in [2.75, 3.05) is 33.3 Å². The molecule has 0 aromatic heterocycles. The molecule has 0 aromatic carbocycles. The Kier molecular flexibility index (Phi) is 3.69. The van der Waals surface area contributed by atoms with Gasteiger partial charge in [-0.25, -0.2) is 0 Å². The first-order valence-corrected chi connectivity index (χ1v) is 4.80. The van der Waals surface area contributed by atoms with Gasteiger partial charge in [0.2, 0.25) is 5.91 Å². The molecule has 76 valence electrons. The van der Waals surface area contributed by atoms with Gasteiger partial charge in [-0.1, -0.05) is 6.92 Å². The molecule has 0 saturated carbocycles. The monoisotopic (exact) mass is 186 g/mol. The van der Waals surface area contributed by atoms with Gasteiger partial charge in [0.1, 0.15) is 6.04 Å². The van der Waals surface area contributed by atoms with Crippen molar-refractivity contribution >= 4 is 5.91 Å². The average molecular weight is 186 g/mol. The van der Waals surface area contributed by atoms with E-state index in [0.717, 1.165) is 26.1 Å². The minimum absolute atomic E-state index is 0.0677. The Morgan fingerprint density at radius 3 is 2.77 bits per heavy atom. The number of nitrogens with zero attached hydrogens (tertiary/aromatic N) is 2. The normalized spacial score (nSPS) is 25.3. The fraction of sp³-hybridized carbons (Fsp3) is 0.889. The SMILES string of the molecule is CCCN1CCN(C)C(CO)C1=O. The number of rotatable bonds is 3. The smallest absolute Gasteiger partial charge is 0.242 e. The minimum Gasteiger partial charge on any atom is -0.394 e. The van der Waals surface area contributed by atoms with E-state index in [9.17, 15) is 4.79 Å². The molecule has 13 heavy (non-hydrogen) atoms. The number of hydrogen-bond acceptors (Lipinski definition) is 3. The Bertz CT molecular complexity index is 184. The summed E-state index contributed by atoms with van der Waals surface area (Å²) in [5, 5.41) is 9.03. The Balaban J connectivity index is 2.58. The highest BCUT2D eigenvalue weighted by atomic mass is 16.3. The molecule has 1 saturated heterocycles. The highest BCUT2D eigenvalue weighted by molar-refractivity contribution is 5.82. The summed E-state index contributed by atoms with van der Waals surface area (Å²) in [6, 6.07) is -0.319. The summed E-state index contributed by atoms with van der Waals surface area (Å²) in [5.74, 6) is 0.0677. The maximum Gasteiger partial charge on any atom is 0.242 e. The van der Waals surface area contributed by atoms with Crippen LogP contribution in [0, 0.1) is 0 Å². The van der Waals surface area contributed by atoms with Gasteiger partial charge in [0.25, 0.3) is 0 Å². The molecule has 0 aliphatic carbocycles. The number of carbonyl (C=O) groups is 1. The molecule has 1 aliphatic heterocycles. The van der Waals surface area contributed by atoms with Crippen LogP contribution in [0.25, 0.3) is 0 Å². The molecule has 1 heterocycles. The van der Waals surface area contributed by atoms with Crippen molar-refractivity contribution in [3.05, 3.63) is 0 Å². The van der Waals surface area contributed by atoms with Gasteiger partial charge in [-0.2, -0.15) is 0 Å². The zero-order valence-electron chi connectivity index (χ0n) is 8.36. The standard InChI is InChI=1S/C9H18N2O2/c1-3-4-11-6-5-10(2)8(7-12)9(11)13/h8,12H,3-7H2,1-2H3. The zero-order valence-corrected chi connectivity index (χ0v) is 8.36. The van der Waals surface area contributed by atoms with Gasteiger partial charge in [-0.3, -0.25) is 9.69 Å². The van der Waals surface area contributed by atoms with Gasteiger partial charge in [-0.05, 0) is 13.5 Å². The maximum atomic E-state index is 11.7. The summed E-state index contributed by atoms with van der Waals surface area (Å²) in [6.45, 7) is 4.44. The van der Waals surface area contributed by atoms with E-state index in [1.54, 1.807) is 0 Å². The molecule has 1 atom stereocenters. The van der Waals surface area contributed by atoms with E-state index in [-0.39, 0.29) is 18.6 Å². The van der Waals surface area contributed by atoms with Crippen molar-refractivity contribution in [1.29, 1.82) is 0 Å². The predicted octanol–water partition coefficient (Wildman–Crippen LogP) is -0.469. The Morgan fingerprint density at radius 2 is 2.23 bits per heavy atom. The quantitative estimate of drug-likeness (QED) is 0.648. The number of likely N-dealkylation sites (N-methyl/N-ethyl adjacent to an activating group) is 1. The number of carbonyl (C=O) groups excluding carboxylic acids is 1. The van der Waals surface area contributed by atoms with Crippen LogP contribution < -0.4 is 0 Å². The van der Waals surface area contributed by atoms with E-state index in [4.69, 9.17) is 5.11 Å². The van der Waals surface area contributed by atoms with Gasteiger partial charge in [0.15, 0.2) is 0 Å². The van der Waals surface area contributed by atoms with Gasteiger partial charge in [0.05, 0.1) is 6.61 Å². The summed E-state index contributed by atoms with van der Waals surface area (Å²) in [4.78, 5) is 15.4. The minimum atomic E-state index is -0.319. The molecule has 0 aromatic rings. The van der Waals surface area contributed by atoms with Crippen molar-refractivity contribution in [2.24, 2.45) is 0 Å². The van der Waals surface area contributed by atoms with Gasteiger partial charge >= 0.3 is 0 Å². The maximum absolute atomic E-state index is 11.7. The van der Waals surface area contributed by atoms with Crippen LogP contribution in [0.3, 0.4) is 0 Å². The molecule has 1 fully saturated rings. The van der Waals surface area contributed by atoms with Crippen LogP contribution in [0.4, 0.5) is 0 Å². The van der Waals surface area contributed by atoms with E-state index < -0.39 is 0 Å². The number of aliphatic hydroxyl groups is 1. The first kappa shape index (κ1) is 10.5. The summed E-state index contributed by atoms with van der Waals surface area (Å²) in [6.07, 6.45) is 0.980. The second-order valence-corrected chi connectivity index (χ2v) is 3.50. The number of piperazine rings is 1. The van der Waals surface area contributed by atoms with Crippen molar-refractivity contribution < 1.29 is 9.90 Å². The third-order valence-corrected chi connectivity index (χ3v) is 2.52. The van der Waals surface area contributed by atoms with Crippen molar-refractivity contribution in [3.8, 4) is 0 Å². The van der Waals surface area contributed by atoms with E-state index >= 15 is 0 Å². The van der Waals surface area contributed by atoms with Crippen LogP contribution in [0.5, 0.6) is 0 Å². The topological polar surface area (TPSA) is 43.8 Å². The molecular formula is C9H18N2O2. The first-order chi connectivity index (χ1) is 6.20. The number of aliphatic hydroxyl groups excluding tert-OH is 1. The van der Waals surface area contributed by atoms with Crippen LogP contribution in [0.15, 0.2) is 0 Å². The lowest BCUT2D eigenvalue weighted by atomic mass is 10.1. The van der Waals surface area contributed by atoms with Gasteiger partial charge in [-0.15, -0.1) is 0 Å². The first-order valence-electron chi connectivity index (χ1n) is 4.80. The summed E-state index contributed by atoms with van der Waals surface area (Å²) < 4.78 is 0. The third-order valence-electron chi connectivity index (χ3n) is 2.52. The molecule has 1 unspecified atom stereocenters. The van der Waals surface area contributed by atoms with E-state index in [0.29, 0.717) is 0 Å². The fourth-order valence-corrected chi connectivity index (χ4v) is 1.65. The molecular weight excluding hydrogens is 168 g/mol. The van der Waals surface area contributed by atoms with Gasteiger partial charge in [0, 0.05) is 19.6 Å². The molecule has 1 amide bonds. The lowest BCUT2D eigenvalue weighted by molar-refractivity contribution is -0.142. The van der Waals surface area contributed by atoms with E-state index in [1.807, 2.05) is 16.8 Å². The molecule has 1 N–H and O–H groups in total. The van der Waals surface area contributed by atoms with Crippen molar-refractivity contribution in [3.63, 3.8) is 0 Å². The lowest BCUT2D eigenvalue weighted by Crippen LogP contribution is -2.57. The Labute approximate surface area is 79.1 Å². The molecule has 0 spiro atoms. The van der Waals surface area contributed by atoms with E-state index in [2.05, 4.69) is 6.92 Å². The molecule has 4 nitrogen and oxygen atoms in total. The summed E-state index contributed by atoms with van der Waals surface area (Å²) >= 11 is 0. The average Bonchev–Trinajstić information content (AvgIpc) is 2.11. The zero-order chi connectivity index (χ0) is 9.84. The number of amides is 1. The highest BCUT2D eigenvalue weighted by Crippen LogP contribution is 2.09. The summed E-state index contributed by atoms with van der Waals surface area (Å²) in [5.41, 5.74) is 0. The Morgan fingerprint density at radius 1 is 1.54 bits per heavy atom. The Hall–Kier alpha value is -0.610. The van der Waals surface area contributed by atoms with E-state index in [1.165, 1.54) is 0 Å². The predicted molar refractivity (Wildman–Crippen MR) is 50.4 cm³/mol. The van der Waals surface area contributed by atoms with Crippen molar-refractivity contribution in [2.45, 2.75) is 19.4 Å². The number of hydrogen-bond donors (Lipinski definition) is 1. The molecule has 0 bridgehead atoms. The molecule has 4 heteroatoms. The molecule has 1 aliphatic rings. The molecule has 1 rings (SSSR count). The lowest BCUT2D eigenvalue weighted by Gasteiger charge is -2.37. The van der Waals surface area contributed by atoms with Crippen LogP contribution in [0.2, 0.25) is 0 Å². The van der Waals surface area contributed by atoms with Crippen molar-refractivity contribution in [1.82, 2.24) is 9.80 Å². The van der Waals surface area contributed by atoms with Crippen LogP contribution in [0.1, 0.15) is 13.3 Å². The largest absolute Gasteiger partial charge is 0.394 e. The second kappa shape index (κ2) is 4.58.